The van der Waals surface area contributed by atoms with Crippen molar-refractivity contribution < 1.29 is 0 Å². The second-order valence-corrected chi connectivity index (χ2v) is 5.97. The maximum atomic E-state index is 6.28. The van der Waals surface area contributed by atoms with Crippen LogP contribution in [-0.2, 0) is 0 Å². The molecule has 0 amide bonds. The lowest BCUT2D eigenvalue weighted by Crippen LogP contribution is -2.11. The van der Waals surface area contributed by atoms with Crippen LogP contribution in [0.3, 0.4) is 0 Å². The summed E-state index contributed by atoms with van der Waals surface area (Å²) in [6.45, 7) is 4.40. The second kappa shape index (κ2) is 8.71. The highest BCUT2D eigenvalue weighted by molar-refractivity contribution is 9.10. The van der Waals surface area contributed by atoms with Crippen LogP contribution in [0.25, 0.3) is 0 Å². The van der Waals surface area contributed by atoms with Gasteiger partial charge in [-0.2, -0.15) is 0 Å². The standard InChI is InChI=1S/C16H26BrN/c1-3-4-5-6-7-8-12-16(18)14-10-9-11-15(17)13(14)2/h9-11,16H,3-8,12,18H2,1-2H3. The van der Waals surface area contributed by atoms with Crippen molar-refractivity contribution in [1.82, 2.24) is 0 Å². The van der Waals surface area contributed by atoms with Crippen LogP contribution in [0.1, 0.15) is 69.0 Å². The molecule has 1 unspecified atom stereocenters. The molecule has 18 heavy (non-hydrogen) atoms. The first-order chi connectivity index (χ1) is 8.66. The summed E-state index contributed by atoms with van der Waals surface area (Å²) in [5.41, 5.74) is 8.86. The van der Waals surface area contributed by atoms with E-state index in [9.17, 15) is 0 Å². The van der Waals surface area contributed by atoms with E-state index in [0.717, 1.165) is 6.42 Å². The zero-order valence-corrected chi connectivity index (χ0v) is 13.3. The molecule has 2 N–H and O–H groups in total. The van der Waals surface area contributed by atoms with Crippen LogP contribution in [-0.4, -0.2) is 0 Å². The predicted octanol–water partition coefficient (Wildman–Crippen LogP) is 5.51. The van der Waals surface area contributed by atoms with Crippen molar-refractivity contribution in [1.29, 1.82) is 0 Å². The van der Waals surface area contributed by atoms with Gasteiger partial charge in [0.1, 0.15) is 0 Å². The minimum Gasteiger partial charge on any atom is -0.324 e. The molecule has 0 bridgehead atoms. The maximum absolute atomic E-state index is 6.28. The fourth-order valence-corrected chi connectivity index (χ4v) is 2.71. The zero-order chi connectivity index (χ0) is 13.4. The van der Waals surface area contributed by atoms with Crippen LogP contribution in [0, 0.1) is 6.92 Å². The van der Waals surface area contributed by atoms with Crippen molar-refractivity contribution in [2.45, 2.75) is 64.8 Å². The summed E-state index contributed by atoms with van der Waals surface area (Å²) in [6.07, 6.45) is 9.09. The molecular formula is C16H26BrN. The molecular weight excluding hydrogens is 286 g/mol. The van der Waals surface area contributed by atoms with Crippen molar-refractivity contribution in [3.63, 3.8) is 0 Å². The minimum atomic E-state index is 0.189. The molecule has 1 aromatic carbocycles. The Hall–Kier alpha value is -0.340. The molecule has 0 saturated carbocycles. The van der Waals surface area contributed by atoms with Gasteiger partial charge in [0.05, 0.1) is 0 Å². The Bertz CT molecular complexity index is 349. The summed E-state index contributed by atoms with van der Waals surface area (Å²) >= 11 is 3.57. The Balaban J connectivity index is 2.32. The number of rotatable bonds is 8. The molecule has 2 heteroatoms. The third-order valence-corrected chi connectivity index (χ3v) is 4.44. The lowest BCUT2D eigenvalue weighted by atomic mass is 9.97. The molecule has 0 heterocycles. The third kappa shape index (κ3) is 5.11. The molecule has 1 aromatic rings. The minimum absolute atomic E-state index is 0.189. The van der Waals surface area contributed by atoms with Crippen molar-refractivity contribution in [2.75, 3.05) is 0 Å². The van der Waals surface area contributed by atoms with E-state index in [4.69, 9.17) is 5.73 Å². The maximum Gasteiger partial charge on any atom is 0.0297 e. The SMILES string of the molecule is CCCCCCCCC(N)c1cccc(Br)c1C. The van der Waals surface area contributed by atoms with Gasteiger partial charge in [0.2, 0.25) is 0 Å². The van der Waals surface area contributed by atoms with Gasteiger partial charge < -0.3 is 5.73 Å². The molecule has 1 rings (SSSR count). The van der Waals surface area contributed by atoms with Gasteiger partial charge in [-0.25, -0.2) is 0 Å². The molecule has 0 spiro atoms. The topological polar surface area (TPSA) is 26.0 Å². The highest BCUT2D eigenvalue weighted by Gasteiger charge is 2.09. The summed E-state index contributed by atoms with van der Waals surface area (Å²) in [4.78, 5) is 0. The quantitative estimate of drug-likeness (QED) is 0.629. The number of nitrogens with two attached hydrogens (primary N) is 1. The summed E-state index contributed by atoms with van der Waals surface area (Å²) in [5, 5.41) is 0. The lowest BCUT2D eigenvalue weighted by Gasteiger charge is -2.15. The average Bonchev–Trinajstić information content (AvgIpc) is 2.36. The van der Waals surface area contributed by atoms with Gasteiger partial charge in [0.25, 0.3) is 0 Å². The van der Waals surface area contributed by atoms with Crippen LogP contribution >= 0.6 is 15.9 Å². The predicted molar refractivity (Wildman–Crippen MR) is 83.8 cm³/mol. The molecule has 0 aromatic heterocycles. The first-order valence-electron chi connectivity index (χ1n) is 7.17. The number of benzene rings is 1. The second-order valence-electron chi connectivity index (χ2n) is 5.12. The molecule has 0 fully saturated rings. The first-order valence-corrected chi connectivity index (χ1v) is 7.96. The Kier molecular flexibility index (Phi) is 7.60. The first kappa shape index (κ1) is 15.7. The fourth-order valence-electron chi connectivity index (χ4n) is 2.33. The van der Waals surface area contributed by atoms with Gasteiger partial charge in [-0.3, -0.25) is 0 Å². The molecule has 0 aliphatic carbocycles. The van der Waals surface area contributed by atoms with Crippen LogP contribution in [0.4, 0.5) is 0 Å². The number of hydrogen-bond donors (Lipinski definition) is 1. The molecule has 0 aliphatic rings. The largest absolute Gasteiger partial charge is 0.324 e. The van der Waals surface area contributed by atoms with Crippen LogP contribution in [0.5, 0.6) is 0 Å². The average molecular weight is 312 g/mol. The molecule has 0 radical (unpaired) electrons. The molecule has 102 valence electrons. The molecule has 0 aliphatic heterocycles. The van der Waals surface area contributed by atoms with E-state index in [2.05, 4.69) is 48.0 Å². The molecule has 0 saturated heterocycles. The normalized spacial score (nSPS) is 12.7. The van der Waals surface area contributed by atoms with Crippen LogP contribution in [0.15, 0.2) is 22.7 Å². The van der Waals surface area contributed by atoms with Crippen molar-refractivity contribution in [3.05, 3.63) is 33.8 Å². The molecule has 1 nitrogen and oxygen atoms in total. The van der Waals surface area contributed by atoms with Crippen LogP contribution in [0.2, 0.25) is 0 Å². The Morgan fingerprint density at radius 3 is 2.50 bits per heavy atom. The lowest BCUT2D eigenvalue weighted by molar-refractivity contribution is 0.546. The molecule has 1 atom stereocenters. The Labute approximate surface area is 120 Å². The van der Waals surface area contributed by atoms with Crippen molar-refractivity contribution in [3.8, 4) is 0 Å². The van der Waals surface area contributed by atoms with E-state index in [1.54, 1.807) is 0 Å². The van der Waals surface area contributed by atoms with Crippen molar-refractivity contribution in [2.24, 2.45) is 5.73 Å². The Morgan fingerprint density at radius 1 is 1.11 bits per heavy atom. The Morgan fingerprint density at radius 2 is 1.78 bits per heavy atom. The zero-order valence-electron chi connectivity index (χ0n) is 11.7. The van der Waals surface area contributed by atoms with Crippen LogP contribution < -0.4 is 5.73 Å². The van der Waals surface area contributed by atoms with Gasteiger partial charge in [0, 0.05) is 10.5 Å². The van der Waals surface area contributed by atoms with E-state index >= 15 is 0 Å². The van der Waals surface area contributed by atoms with Gasteiger partial charge in [-0.05, 0) is 30.5 Å². The van der Waals surface area contributed by atoms with E-state index < -0.39 is 0 Å². The summed E-state index contributed by atoms with van der Waals surface area (Å²) in [7, 11) is 0. The summed E-state index contributed by atoms with van der Waals surface area (Å²) in [5.74, 6) is 0. The highest BCUT2D eigenvalue weighted by atomic mass is 79.9. The fraction of sp³-hybridized carbons (Fsp3) is 0.625. The van der Waals surface area contributed by atoms with Gasteiger partial charge in [-0.15, -0.1) is 0 Å². The summed E-state index contributed by atoms with van der Waals surface area (Å²) in [6, 6.07) is 6.50. The number of halogens is 1. The number of hydrogen-bond acceptors (Lipinski definition) is 1. The van der Waals surface area contributed by atoms with E-state index in [1.165, 1.54) is 54.1 Å². The van der Waals surface area contributed by atoms with Gasteiger partial charge in [0.15, 0.2) is 0 Å². The highest BCUT2D eigenvalue weighted by Crippen LogP contribution is 2.26. The third-order valence-electron chi connectivity index (χ3n) is 3.58. The monoisotopic (exact) mass is 311 g/mol. The number of unbranched alkanes of at least 4 members (excludes halogenated alkanes) is 5. The van der Waals surface area contributed by atoms with Gasteiger partial charge in [-0.1, -0.05) is 73.5 Å². The summed E-state index contributed by atoms with van der Waals surface area (Å²) < 4.78 is 1.17. The van der Waals surface area contributed by atoms with E-state index in [-0.39, 0.29) is 6.04 Å². The van der Waals surface area contributed by atoms with E-state index in [0.29, 0.717) is 0 Å². The van der Waals surface area contributed by atoms with Gasteiger partial charge >= 0.3 is 0 Å². The van der Waals surface area contributed by atoms with Crippen molar-refractivity contribution >= 4 is 15.9 Å². The van der Waals surface area contributed by atoms with E-state index in [1.807, 2.05) is 0 Å². The smallest absolute Gasteiger partial charge is 0.0297 e.